The van der Waals surface area contributed by atoms with E-state index in [1.165, 1.54) is 0 Å². The molecule has 0 aromatic rings. The topological polar surface area (TPSA) is 30.5 Å². The van der Waals surface area contributed by atoms with Gasteiger partial charge in [-0.1, -0.05) is 0 Å². The van der Waals surface area contributed by atoms with E-state index in [1.807, 2.05) is 0 Å². The van der Waals surface area contributed by atoms with E-state index in [0.717, 1.165) is 12.8 Å². The number of hydrogen-bond donors (Lipinski definition) is 1. The number of rotatable bonds is 0. The predicted molar refractivity (Wildman–Crippen MR) is 46.3 cm³/mol. The van der Waals surface area contributed by atoms with Crippen molar-refractivity contribution in [2.45, 2.75) is 30.9 Å². The number of nitrogens with one attached hydrogen (secondary N) is 1. The van der Waals surface area contributed by atoms with Crippen LogP contribution in [0.15, 0.2) is 0 Å². The minimum Gasteiger partial charge on any atom is -0.381 e. The van der Waals surface area contributed by atoms with Crippen LogP contribution in [-0.4, -0.2) is 38.0 Å². The summed E-state index contributed by atoms with van der Waals surface area (Å²) in [7, 11) is 0. The van der Waals surface area contributed by atoms with Gasteiger partial charge in [-0.25, -0.2) is 8.78 Å². The molecule has 1 spiro atoms. The van der Waals surface area contributed by atoms with E-state index in [1.54, 1.807) is 0 Å². The van der Waals surface area contributed by atoms with Crippen LogP contribution in [0.5, 0.6) is 0 Å². The van der Waals surface area contributed by atoms with Crippen LogP contribution < -0.4 is 5.32 Å². The average molecular weight is 207 g/mol. The summed E-state index contributed by atoms with van der Waals surface area (Å²) in [6.45, 7) is 0.523. The largest absolute Gasteiger partial charge is 0.381 e. The molecule has 0 saturated carbocycles. The molecule has 0 aliphatic carbocycles. The number of halogens is 2. The van der Waals surface area contributed by atoms with Crippen molar-refractivity contribution in [1.29, 1.82) is 0 Å². The summed E-state index contributed by atoms with van der Waals surface area (Å²) >= 11 is 0. The Bertz CT molecular complexity index is 191. The van der Waals surface area contributed by atoms with Crippen LogP contribution in [0, 0.1) is 0 Å². The SMILES string of the molecule is FC1(F)CNC2(CCCOCC2)OC1. The lowest BCUT2D eigenvalue weighted by Crippen LogP contribution is -2.59. The van der Waals surface area contributed by atoms with Gasteiger partial charge in [-0.05, 0) is 12.8 Å². The first kappa shape index (κ1) is 10.3. The van der Waals surface area contributed by atoms with Gasteiger partial charge in [0.15, 0.2) is 0 Å². The van der Waals surface area contributed by atoms with Gasteiger partial charge in [0.25, 0.3) is 5.92 Å². The van der Waals surface area contributed by atoms with Crippen molar-refractivity contribution in [1.82, 2.24) is 5.32 Å². The molecule has 0 bridgehead atoms. The Morgan fingerprint density at radius 3 is 2.71 bits per heavy atom. The second kappa shape index (κ2) is 3.72. The second-order valence-corrected chi connectivity index (χ2v) is 3.96. The highest BCUT2D eigenvalue weighted by atomic mass is 19.3. The third-order valence-electron chi connectivity index (χ3n) is 2.75. The summed E-state index contributed by atoms with van der Waals surface area (Å²) < 4.78 is 36.2. The fourth-order valence-electron chi connectivity index (χ4n) is 1.88. The van der Waals surface area contributed by atoms with Crippen LogP contribution in [-0.2, 0) is 9.47 Å². The first-order valence-electron chi connectivity index (χ1n) is 4.97. The maximum Gasteiger partial charge on any atom is 0.283 e. The Morgan fingerprint density at radius 2 is 2.00 bits per heavy atom. The van der Waals surface area contributed by atoms with E-state index in [-0.39, 0.29) is 6.54 Å². The van der Waals surface area contributed by atoms with Crippen molar-refractivity contribution in [3.63, 3.8) is 0 Å². The van der Waals surface area contributed by atoms with E-state index in [2.05, 4.69) is 5.32 Å². The minimum absolute atomic E-state index is 0.285. The Morgan fingerprint density at radius 1 is 1.14 bits per heavy atom. The first-order valence-corrected chi connectivity index (χ1v) is 4.97. The predicted octanol–water partition coefficient (Wildman–Crippen LogP) is 1.14. The number of alkyl halides is 2. The fourth-order valence-corrected chi connectivity index (χ4v) is 1.88. The summed E-state index contributed by atoms with van der Waals surface area (Å²) in [5.41, 5.74) is -0.557. The molecule has 2 rings (SSSR count). The van der Waals surface area contributed by atoms with Gasteiger partial charge in [-0.15, -0.1) is 0 Å². The Labute approximate surface area is 81.8 Å². The molecule has 0 aromatic heterocycles. The zero-order valence-electron chi connectivity index (χ0n) is 8.02. The van der Waals surface area contributed by atoms with Crippen molar-refractivity contribution in [3.05, 3.63) is 0 Å². The molecule has 2 heterocycles. The lowest BCUT2D eigenvalue weighted by molar-refractivity contribution is -0.198. The van der Waals surface area contributed by atoms with E-state index < -0.39 is 18.3 Å². The molecule has 3 nitrogen and oxygen atoms in total. The lowest BCUT2D eigenvalue weighted by Gasteiger charge is -2.40. The third kappa shape index (κ3) is 2.21. The van der Waals surface area contributed by atoms with Gasteiger partial charge < -0.3 is 9.47 Å². The van der Waals surface area contributed by atoms with Crippen LogP contribution in [0.3, 0.4) is 0 Å². The smallest absolute Gasteiger partial charge is 0.283 e. The normalized spacial score (nSPS) is 38.1. The molecule has 2 aliphatic heterocycles. The molecule has 5 heteroatoms. The Kier molecular flexibility index (Phi) is 2.72. The van der Waals surface area contributed by atoms with Crippen LogP contribution in [0.25, 0.3) is 0 Å². The average Bonchev–Trinajstić information content (AvgIpc) is 2.37. The van der Waals surface area contributed by atoms with Crippen LogP contribution >= 0.6 is 0 Å². The van der Waals surface area contributed by atoms with Crippen molar-refractivity contribution in [3.8, 4) is 0 Å². The van der Waals surface area contributed by atoms with E-state index in [9.17, 15) is 8.78 Å². The molecule has 82 valence electrons. The van der Waals surface area contributed by atoms with Gasteiger partial charge in [0, 0.05) is 13.0 Å². The standard InChI is InChI=1S/C9H15F2NO2/c10-8(11)6-12-9(14-7-8)2-1-4-13-5-3-9/h12H,1-7H2. The molecule has 1 N–H and O–H groups in total. The Balaban J connectivity index is 1.96. The van der Waals surface area contributed by atoms with Crippen molar-refractivity contribution in [2.24, 2.45) is 0 Å². The maximum absolute atomic E-state index is 12.8. The number of ether oxygens (including phenoxy) is 2. The molecular weight excluding hydrogens is 192 g/mol. The summed E-state index contributed by atoms with van der Waals surface area (Å²) in [4.78, 5) is 0. The van der Waals surface area contributed by atoms with Crippen LogP contribution in [0.2, 0.25) is 0 Å². The molecule has 1 unspecified atom stereocenters. The molecule has 2 saturated heterocycles. The van der Waals surface area contributed by atoms with Gasteiger partial charge in [0.2, 0.25) is 0 Å². The van der Waals surface area contributed by atoms with Crippen molar-refractivity contribution < 1.29 is 18.3 Å². The molecular formula is C9H15F2NO2. The molecule has 2 fully saturated rings. The van der Waals surface area contributed by atoms with Gasteiger partial charge in [0.1, 0.15) is 12.3 Å². The Hall–Kier alpha value is -0.260. The highest BCUT2D eigenvalue weighted by Gasteiger charge is 2.43. The molecule has 2 aliphatic rings. The van der Waals surface area contributed by atoms with E-state index >= 15 is 0 Å². The van der Waals surface area contributed by atoms with Gasteiger partial charge in [-0.2, -0.15) is 0 Å². The van der Waals surface area contributed by atoms with Crippen molar-refractivity contribution >= 4 is 0 Å². The number of hydrogen-bond acceptors (Lipinski definition) is 3. The third-order valence-corrected chi connectivity index (χ3v) is 2.75. The highest BCUT2D eigenvalue weighted by molar-refractivity contribution is 4.88. The van der Waals surface area contributed by atoms with Crippen molar-refractivity contribution in [2.75, 3.05) is 26.4 Å². The summed E-state index contributed by atoms with van der Waals surface area (Å²) in [6, 6.07) is 0. The first-order chi connectivity index (χ1) is 6.62. The second-order valence-electron chi connectivity index (χ2n) is 3.96. The van der Waals surface area contributed by atoms with E-state index in [4.69, 9.17) is 9.47 Å². The minimum atomic E-state index is -2.72. The van der Waals surface area contributed by atoms with Crippen LogP contribution in [0.1, 0.15) is 19.3 Å². The highest BCUT2D eigenvalue weighted by Crippen LogP contribution is 2.30. The molecule has 0 amide bonds. The fraction of sp³-hybridized carbons (Fsp3) is 1.00. The van der Waals surface area contributed by atoms with E-state index in [0.29, 0.717) is 19.6 Å². The van der Waals surface area contributed by atoms with Gasteiger partial charge in [-0.3, -0.25) is 5.32 Å². The van der Waals surface area contributed by atoms with Crippen LogP contribution in [0.4, 0.5) is 8.78 Å². The summed E-state index contributed by atoms with van der Waals surface area (Å²) in [5.74, 6) is -2.72. The van der Waals surface area contributed by atoms with Gasteiger partial charge in [0.05, 0.1) is 13.2 Å². The summed E-state index contributed by atoms with van der Waals surface area (Å²) in [6.07, 6.45) is 2.27. The lowest BCUT2D eigenvalue weighted by atomic mass is 10.0. The van der Waals surface area contributed by atoms with Gasteiger partial charge >= 0.3 is 0 Å². The maximum atomic E-state index is 12.8. The zero-order valence-corrected chi connectivity index (χ0v) is 8.02. The molecule has 14 heavy (non-hydrogen) atoms. The zero-order chi connectivity index (χ0) is 10.1. The quantitative estimate of drug-likeness (QED) is 0.646. The molecule has 1 atom stereocenters. The molecule has 0 radical (unpaired) electrons. The summed E-state index contributed by atoms with van der Waals surface area (Å²) in [5, 5.41) is 2.81. The molecule has 0 aromatic carbocycles. The monoisotopic (exact) mass is 207 g/mol.